The first-order chi connectivity index (χ1) is 25.3. The Bertz CT molecular complexity index is 2730. The van der Waals surface area contributed by atoms with Crippen LogP contribution in [0.4, 0.5) is 0 Å². The van der Waals surface area contributed by atoms with Gasteiger partial charge in [0, 0.05) is 21.8 Å². The van der Waals surface area contributed by atoms with Crippen molar-refractivity contribution in [3.63, 3.8) is 0 Å². The quantitative estimate of drug-likeness (QED) is 0.190. The van der Waals surface area contributed by atoms with Crippen molar-refractivity contribution in [2.24, 2.45) is 0 Å². The van der Waals surface area contributed by atoms with Gasteiger partial charge in [-0.05, 0) is 94.3 Å². The van der Waals surface area contributed by atoms with Crippen LogP contribution in [0.15, 0.2) is 133 Å². The molecule has 3 nitrogen and oxygen atoms in total. The molecule has 0 amide bonds. The van der Waals surface area contributed by atoms with Crippen molar-refractivity contribution in [1.29, 1.82) is 0 Å². The maximum atomic E-state index is 5.57. The third-order valence-corrected chi connectivity index (χ3v) is 12.0. The first-order valence-electron chi connectivity index (χ1n) is 18.6. The molecule has 0 unspecified atom stereocenters. The Kier molecular flexibility index (Phi) is 6.31. The molecule has 0 radical (unpaired) electrons. The highest BCUT2D eigenvalue weighted by Crippen LogP contribution is 2.61. The van der Waals surface area contributed by atoms with E-state index in [4.69, 9.17) is 9.97 Å². The predicted molar refractivity (Wildman–Crippen MR) is 211 cm³/mol. The van der Waals surface area contributed by atoms with Crippen LogP contribution in [0.1, 0.15) is 60.9 Å². The Morgan fingerprint density at radius 1 is 0.608 bits per heavy atom. The molecule has 3 heteroatoms. The summed E-state index contributed by atoms with van der Waals surface area (Å²) in [5, 5.41) is 4.09. The summed E-state index contributed by atoms with van der Waals surface area (Å²) in [5.74, 6) is 0.898. The van der Waals surface area contributed by atoms with Gasteiger partial charge < -0.3 is 0 Å². The average molecular weight is 656 g/mol. The number of rotatable bonds is 3. The highest BCUT2D eigenvalue weighted by Gasteiger charge is 2.47. The molecule has 1 fully saturated rings. The van der Waals surface area contributed by atoms with Crippen LogP contribution in [0.3, 0.4) is 0 Å². The van der Waals surface area contributed by atoms with Crippen LogP contribution in [0, 0.1) is 0 Å². The minimum Gasteiger partial charge on any atom is -0.292 e. The summed E-state index contributed by atoms with van der Waals surface area (Å²) in [5.41, 5.74) is 16.2. The molecule has 2 heterocycles. The molecule has 3 aliphatic rings. The molecule has 0 atom stereocenters. The average Bonchev–Trinajstić information content (AvgIpc) is 3.69. The molecule has 1 spiro atoms. The fraction of sp³-hybridized carbons (Fsp3) is 0.167. The van der Waals surface area contributed by atoms with Gasteiger partial charge in [-0.15, -0.1) is 0 Å². The summed E-state index contributed by atoms with van der Waals surface area (Å²) >= 11 is 0. The number of hydrogen-bond acceptors (Lipinski definition) is 2. The highest BCUT2D eigenvalue weighted by atomic mass is 15.1. The van der Waals surface area contributed by atoms with Gasteiger partial charge in [-0.1, -0.05) is 135 Å². The lowest BCUT2D eigenvalue weighted by Gasteiger charge is -2.36. The van der Waals surface area contributed by atoms with Crippen molar-refractivity contribution >= 4 is 38.8 Å². The Morgan fingerprint density at radius 2 is 1.31 bits per heavy atom. The highest BCUT2D eigenvalue weighted by molar-refractivity contribution is 6.19. The summed E-state index contributed by atoms with van der Waals surface area (Å²) in [6.45, 7) is 0. The Labute approximate surface area is 298 Å². The van der Waals surface area contributed by atoms with E-state index in [1.807, 2.05) is 0 Å². The molecule has 1 saturated carbocycles. The van der Waals surface area contributed by atoms with Gasteiger partial charge in [0.15, 0.2) is 5.82 Å². The van der Waals surface area contributed by atoms with Crippen LogP contribution >= 0.6 is 0 Å². The van der Waals surface area contributed by atoms with Crippen molar-refractivity contribution < 1.29 is 0 Å². The number of para-hydroxylation sites is 2. The first kappa shape index (κ1) is 29.0. The minimum absolute atomic E-state index is 0.0233. The van der Waals surface area contributed by atoms with Crippen LogP contribution in [0.5, 0.6) is 0 Å². The van der Waals surface area contributed by atoms with E-state index in [1.165, 1.54) is 92.9 Å². The maximum absolute atomic E-state index is 5.57. The van der Waals surface area contributed by atoms with E-state index >= 15 is 0 Å². The molecule has 244 valence electrons. The lowest BCUT2D eigenvalue weighted by molar-refractivity contribution is 0.355. The van der Waals surface area contributed by atoms with E-state index in [0.29, 0.717) is 0 Å². The lowest BCUT2D eigenvalue weighted by atomic mass is 9.66. The molecule has 11 rings (SSSR count). The van der Waals surface area contributed by atoms with E-state index in [9.17, 15) is 0 Å². The van der Waals surface area contributed by atoms with Gasteiger partial charge in [-0.2, -0.15) is 0 Å². The SMILES string of the molecule is C1=Cc2c(c3c4c(c5ccccc5c3n2-c2nc3ccccc3nc2-c2cccc(-c3ccccc3)c2)-c2ccccc2C42CCCCC2)CC1. The zero-order valence-corrected chi connectivity index (χ0v) is 28.6. The van der Waals surface area contributed by atoms with E-state index in [2.05, 4.69) is 144 Å². The summed E-state index contributed by atoms with van der Waals surface area (Å²) in [7, 11) is 0. The molecule has 8 aromatic rings. The number of benzene rings is 6. The summed E-state index contributed by atoms with van der Waals surface area (Å²) in [6, 6.07) is 46.3. The number of nitrogens with zero attached hydrogens (tertiary/aromatic N) is 3. The van der Waals surface area contributed by atoms with Gasteiger partial charge in [0.2, 0.25) is 0 Å². The number of aryl methyl sites for hydroxylation is 1. The molecule has 0 N–H and O–H groups in total. The van der Waals surface area contributed by atoms with E-state index in [0.717, 1.165) is 41.0 Å². The Morgan fingerprint density at radius 3 is 2.18 bits per heavy atom. The zero-order valence-electron chi connectivity index (χ0n) is 28.6. The van der Waals surface area contributed by atoms with Crippen molar-refractivity contribution in [2.75, 3.05) is 0 Å². The monoisotopic (exact) mass is 655 g/mol. The van der Waals surface area contributed by atoms with E-state index < -0.39 is 0 Å². The molecule has 0 saturated heterocycles. The van der Waals surface area contributed by atoms with Crippen molar-refractivity contribution in [1.82, 2.24) is 14.5 Å². The van der Waals surface area contributed by atoms with Gasteiger partial charge in [-0.3, -0.25) is 4.57 Å². The fourth-order valence-electron chi connectivity index (χ4n) is 9.90. The Balaban J connectivity index is 1.30. The molecule has 0 aliphatic heterocycles. The van der Waals surface area contributed by atoms with Crippen molar-refractivity contribution in [3.8, 4) is 39.3 Å². The van der Waals surface area contributed by atoms with Gasteiger partial charge in [0.25, 0.3) is 0 Å². The molecule has 6 aromatic carbocycles. The molecule has 0 bridgehead atoms. The Hall–Kier alpha value is -5.80. The van der Waals surface area contributed by atoms with Gasteiger partial charge >= 0.3 is 0 Å². The van der Waals surface area contributed by atoms with Crippen LogP contribution in [-0.4, -0.2) is 14.5 Å². The summed E-state index contributed by atoms with van der Waals surface area (Å²) in [4.78, 5) is 11.0. The van der Waals surface area contributed by atoms with Crippen LogP contribution in [0.25, 0.3) is 78.1 Å². The predicted octanol–water partition coefficient (Wildman–Crippen LogP) is 12.3. The number of hydrogen-bond donors (Lipinski definition) is 0. The van der Waals surface area contributed by atoms with Crippen molar-refractivity contribution in [2.45, 2.75) is 50.4 Å². The zero-order chi connectivity index (χ0) is 33.5. The van der Waals surface area contributed by atoms with Crippen LogP contribution < -0.4 is 0 Å². The number of aromatic nitrogens is 3. The minimum atomic E-state index is 0.0233. The van der Waals surface area contributed by atoms with E-state index in [-0.39, 0.29) is 5.41 Å². The second kappa shape index (κ2) is 11.1. The summed E-state index contributed by atoms with van der Waals surface area (Å²) in [6.07, 6.45) is 13.0. The summed E-state index contributed by atoms with van der Waals surface area (Å²) < 4.78 is 2.51. The fourth-order valence-corrected chi connectivity index (χ4v) is 9.90. The second-order valence-corrected chi connectivity index (χ2v) is 14.7. The molecular formula is C48H37N3. The first-order valence-corrected chi connectivity index (χ1v) is 18.6. The maximum Gasteiger partial charge on any atom is 0.165 e. The van der Waals surface area contributed by atoms with E-state index in [1.54, 1.807) is 5.56 Å². The molecule has 2 aromatic heterocycles. The van der Waals surface area contributed by atoms with Crippen LogP contribution in [-0.2, 0) is 11.8 Å². The lowest BCUT2D eigenvalue weighted by Crippen LogP contribution is -2.28. The third-order valence-electron chi connectivity index (χ3n) is 12.0. The van der Waals surface area contributed by atoms with Gasteiger partial charge in [0.05, 0.1) is 22.2 Å². The number of fused-ring (bicyclic) bond motifs is 13. The smallest absolute Gasteiger partial charge is 0.165 e. The van der Waals surface area contributed by atoms with Crippen molar-refractivity contribution in [3.05, 3.63) is 156 Å². The third kappa shape index (κ3) is 4.12. The normalized spacial score (nSPS) is 15.8. The van der Waals surface area contributed by atoms with Crippen LogP contribution in [0.2, 0.25) is 0 Å². The second-order valence-electron chi connectivity index (χ2n) is 14.7. The molecule has 3 aliphatic carbocycles. The number of allylic oxidation sites excluding steroid dienone is 1. The van der Waals surface area contributed by atoms with Gasteiger partial charge in [0.1, 0.15) is 5.69 Å². The molecule has 51 heavy (non-hydrogen) atoms. The topological polar surface area (TPSA) is 30.7 Å². The largest absolute Gasteiger partial charge is 0.292 e. The molecular weight excluding hydrogens is 619 g/mol. The van der Waals surface area contributed by atoms with Gasteiger partial charge in [-0.25, -0.2) is 9.97 Å². The standard InChI is InChI=1S/C48H37N3/c1-3-16-31(17-4-1)32-18-15-19-33(30-32)45-47(50-40-26-11-10-25-39(40)49-45)51-41-27-12-8-23-37(41)43-44-42(34-20-5-6-21-35(34)46(43)51)36-22-7-9-24-38(36)48(44)28-13-2-14-29-48/h1,3-7,9-12,15-22,24-27,30H,2,8,13-14,23,28-29H2.